The van der Waals surface area contributed by atoms with Crippen molar-refractivity contribution in [1.29, 1.82) is 0 Å². The molecule has 1 unspecified atom stereocenters. The Morgan fingerprint density at radius 2 is 2.21 bits per heavy atom. The Kier molecular flexibility index (Phi) is 3.99. The lowest BCUT2D eigenvalue weighted by Crippen LogP contribution is -2.48. The van der Waals surface area contributed by atoms with E-state index in [1.807, 2.05) is 0 Å². The Morgan fingerprint density at radius 1 is 1.47 bits per heavy atom. The van der Waals surface area contributed by atoms with Crippen molar-refractivity contribution < 1.29 is 9.59 Å². The van der Waals surface area contributed by atoms with Crippen molar-refractivity contribution in [2.24, 2.45) is 5.73 Å². The number of aryl methyl sites for hydroxylation is 1. The number of nitrogens with zero attached hydrogens (tertiary/aromatic N) is 3. The molecule has 2 rings (SSSR count). The molecule has 1 fully saturated rings. The van der Waals surface area contributed by atoms with Crippen LogP contribution < -0.4 is 10.6 Å². The third-order valence-electron chi connectivity index (χ3n) is 3.21. The lowest BCUT2D eigenvalue weighted by Gasteiger charge is -2.35. The molecule has 1 aromatic rings. The predicted octanol–water partition coefficient (Wildman–Crippen LogP) is 1.10. The number of piperidine rings is 1. The highest BCUT2D eigenvalue weighted by atomic mass is 35.5. The molecule has 1 saturated heterocycles. The number of hydrogen-bond donors (Lipinski definition) is 1. The Morgan fingerprint density at radius 3 is 2.84 bits per heavy atom. The van der Waals surface area contributed by atoms with Crippen LogP contribution in [0.3, 0.4) is 0 Å². The summed E-state index contributed by atoms with van der Waals surface area (Å²) in [6, 6.07) is -0.446. The van der Waals surface area contributed by atoms with Gasteiger partial charge in [0.2, 0.25) is 5.91 Å². The molecule has 0 spiro atoms. The Hall–Kier alpha value is -1.69. The fourth-order valence-electron chi connectivity index (χ4n) is 2.33. The number of primary amides is 1. The van der Waals surface area contributed by atoms with Crippen LogP contribution in [-0.2, 0) is 4.79 Å². The van der Waals surface area contributed by atoms with E-state index < -0.39 is 11.9 Å². The molecule has 1 aliphatic heterocycles. The largest absolute Gasteiger partial charge is 0.368 e. The fraction of sp³-hybridized carbons (Fsp3) is 0.500. The molecule has 0 saturated carbocycles. The minimum atomic E-state index is -0.446. The number of carbonyl (C=O) groups is 2. The van der Waals surface area contributed by atoms with E-state index in [4.69, 9.17) is 17.3 Å². The van der Waals surface area contributed by atoms with Gasteiger partial charge in [-0.05, 0) is 26.2 Å². The second-order valence-corrected chi connectivity index (χ2v) is 4.88. The van der Waals surface area contributed by atoms with Gasteiger partial charge in [0.15, 0.2) is 6.29 Å². The molecule has 2 heterocycles. The van der Waals surface area contributed by atoms with Crippen molar-refractivity contribution in [3.8, 4) is 0 Å². The van der Waals surface area contributed by atoms with Crippen LogP contribution in [-0.4, -0.2) is 34.7 Å². The first-order valence-corrected chi connectivity index (χ1v) is 6.47. The van der Waals surface area contributed by atoms with Gasteiger partial charge in [-0.15, -0.1) is 0 Å². The zero-order valence-electron chi connectivity index (χ0n) is 10.6. The summed E-state index contributed by atoms with van der Waals surface area (Å²) in [5.74, 6) is 0.444. The van der Waals surface area contributed by atoms with E-state index in [-0.39, 0.29) is 10.7 Å². The van der Waals surface area contributed by atoms with Gasteiger partial charge in [0, 0.05) is 6.54 Å². The van der Waals surface area contributed by atoms with Gasteiger partial charge in [0.25, 0.3) is 0 Å². The topological polar surface area (TPSA) is 89.2 Å². The molecule has 0 aromatic carbocycles. The molecule has 2 N–H and O–H groups in total. The van der Waals surface area contributed by atoms with E-state index in [9.17, 15) is 9.59 Å². The molecule has 19 heavy (non-hydrogen) atoms. The summed E-state index contributed by atoms with van der Waals surface area (Å²) in [5.41, 5.74) is 5.63. The summed E-state index contributed by atoms with van der Waals surface area (Å²) in [6.45, 7) is 2.31. The van der Waals surface area contributed by atoms with Crippen molar-refractivity contribution in [3.63, 3.8) is 0 Å². The van der Waals surface area contributed by atoms with Crippen LogP contribution in [0.15, 0.2) is 0 Å². The monoisotopic (exact) mass is 282 g/mol. The third-order valence-corrected chi connectivity index (χ3v) is 3.50. The fourth-order valence-corrected chi connectivity index (χ4v) is 2.59. The van der Waals surface area contributed by atoms with Crippen LogP contribution in [0.1, 0.15) is 35.4 Å². The lowest BCUT2D eigenvalue weighted by molar-refractivity contribution is -0.119. The first-order chi connectivity index (χ1) is 9.04. The van der Waals surface area contributed by atoms with E-state index in [1.54, 1.807) is 11.8 Å². The molecule has 1 aliphatic rings. The molecule has 1 aromatic heterocycles. The predicted molar refractivity (Wildman–Crippen MR) is 71.3 cm³/mol. The smallest absolute Gasteiger partial charge is 0.240 e. The molecular weight excluding hydrogens is 268 g/mol. The van der Waals surface area contributed by atoms with Gasteiger partial charge in [0.05, 0.1) is 5.56 Å². The number of hydrogen-bond acceptors (Lipinski definition) is 5. The second-order valence-electron chi connectivity index (χ2n) is 4.52. The number of carbonyl (C=O) groups excluding carboxylic acids is 2. The number of rotatable bonds is 3. The van der Waals surface area contributed by atoms with Crippen LogP contribution in [0.5, 0.6) is 0 Å². The molecule has 1 atom stereocenters. The van der Waals surface area contributed by atoms with Crippen LogP contribution in [0, 0.1) is 6.92 Å². The zero-order chi connectivity index (χ0) is 14.0. The average Bonchev–Trinajstić information content (AvgIpc) is 2.37. The first kappa shape index (κ1) is 13.7. The molecule has 102 valence electrons. The Balaban J connectivity index is 2.49. The Labute approximate surface area is 116 Å². The highest BCUT2D eigenvalue weighted by Crippen LogP contribution is 2.28. The van der Waals surface area contributed by atoms with Crippen LogP contribution >= 0.6 is 11.6 Å². The highest BCUT2D eigenvalue weighted by Gasteiger charge is 2.30. The molecule has 0 radical (unpaired) electrons. The zero-order valence-corrected chi connectivity index (χ0v) is 11.4. The quantitative estimate of drug-likeness (QED) is 0.662. The van der Waals surface area contributed by atoms with Crippen LogP contribution in [0.25, 0.3) is 0 Å². The molecule has 0 bridgehead atoms. The maximum absolute atomic E-state index is 11.5. The summed E-state index contributed by atoms with van der Waals surface area (Å²) < 4.78 is 0. The van der Waals surface area contributed by atoms with Crippen molar-refractivity contribution >= 4 is 29.6 Å². The Bertz CT molecular complexity index is 521. The van der Waals surface area contributed by atoms with E-state index in [0.717, 1.165) is 12.8 Å². The molecular formula is C12H15ClN4O2. The van der Waals surface area contributed by atoms with E-state index in [2.05, 4.69) is 9.97 Å². The van der Waals surface area contributed by atoms with Gasteiger partial charge in [-0.3, -0.25) is 9.59 Å². The van der Waals surface area contributed by atoms with Gasteiger partial charge in [-0.25, -0.2) is 9.97 Å². The number of aldehydes is 1. The number of amides is 1. The minimum absolute atomic E-state index is 0.103. The third kappa shape index (κ3) is 2.68. The molecule has 0 aliphatic carbocycles. The summed E-state index contributed by atoms with van der Waals surface area (Å²) in [5, 5.41) is 0.103. The molecule has 1 amide bonds. The van der Waals surface area contributed by atoms with Gasteiger partial charge in [0.1, 0.15) is 22.8 Å². The SMILES string of the molecule is Cc1nc(Cl)c(C=O)c(N2CCCCC2C(N)=O)n1. The normalized spacial score (nSPS) is 19.3. The van der Waals surface area contributed by atoms with E-state index in [1.165, 1.54) is 0 Å². The second kappa shape index (κ2) is 5.52. The van der Waals surface area contributed by atoms with Crippen molar-refractivity contribution in [2.75, 3.05) is 11.4 Å². The van der Waals surface area contributed by atoms with E-state index in [0.29, 0.717) is 30.9 Å². The average molecular weight is 283 g/mol. The summed E-state index contributed by atoms with van der Waals surface area (Å²) in [4.78, 5) is 32.7. The number of halogens is 1. The first-order valence-electron chi connectivity index (χ1n) is 6.10. The van der Waals surface area contributed by atoms with Gasteiger partial charge in [-0.2, -0.15) is 0 Å². The number of aromatic nitrogens is 2. The highest BCUT2D eigenvalue weighted by molar-refractivity contribution is 6.32. The standard InChI is InChI=1S/C12H15ClN4O2/c1-7-15-10(13)8(6-18)12(16-7)17-5-3-2-4-9(17)11(14)19/h6,9H,2-5H2,1H3,(H2,14,19). The minimum Gasteiger partial charge on any atom is -0.368 e. The number of nitrogens with two attached hydrogens (primary N) is 1. The van der Waals surface area contributed by atoms with Crippen molar-refractivity contribution in [3.05, 3.63) is 16.5 Å². The summed E-state index contributed by atoms with van der Waals surface area (Å²) >= 11 is 5.96. The van der Waals surface area contributed by atoms with Crippen LogP contribution in [0.2, 0.25) is 5.15 Å². The maximum Gasteiger partial charge on any atom is 0.240 e. The lowest BCUT2D eigenvalue weighted by atomic mass is 10.0. The van der Waals surface area contributed by atoms with Crippen molar-refractivity contribution in [2.45, 2.75) is 32.2 Å². The molecule has 7 heteroatoms. The number of anilines is 1. The van der Waals surface area contributed by atoms with Gasteiger partial charge >= 0.3 is 0 Å². The van der Waals surface area contributed by atoms with Crippen LogP contribution in [0.4, 0.5) is 5.82 Å². The van der Waals surface area contributed by atoms with Gasteiger partial charge in [-0.1, -0.05) is 11.6 Å². The van der Waals surface area contributed by atoms with Crippen molar-refractivity contribution in [1.82, 2.24) is 9.97 Å². The summed E-state index contributed by atoms with van der Waals surface area (Å²) in [6.07, 6.45) is 3.12. The maximum atomic E-state index is 11.5. The molecule has 6 nitrogen and oxygen atoms in total. The van der Waals surface area contributed by atoms with E-state index >= 15 is 0 Å². The van der Waals surface area contributed by atoms with Gasteiger partial charge < -0.3 is 10.6 Å². The summed E-state index contributed by atoms with van der Waals surface area (Å²) in [7, 11) is 0.